The predicted octanol–water partition coefficient (Wildman–Crippen LogP) is -0.542. The topological polar surface area (TPSA) is 77.4 Å². The Balaban J connectivity index is 0.000000171. The zero-order valence-corrected chi connectivity index (χ0v) is 7.98. The lowest BCUT2D eigenvalue weighted by molar-refractivity contribution is -0.113. The van der Waals surface area contributed by atoms with E-state index in [0.29, 0.717) is 12.2 Å². The quantitative estimate of drug-likeness (QED) is 0.478. The monoisotopic (exact) mass is 201 g/mol. The second kappa shape index (κ2) is 5.74. The average molecular weight is 201 g/mol. The highest BCUT2D eigenvalue weighted by molar-refractivity contribution is 5.84. The van der Waals surface area contributed by atoms with Gasteiger partial charge in [-0.2, -0.15) is 0 Å². The minimum atomic E-state index is -0.481. The van der Waals surface area contributed by atoms with Crippen molar-refractivity contribution in [3.63, 3.8) is 0 Å². The highest BCUT2D eigenvalue weighted by atomic mass is 16.6. The Labute approximate surface area is 82.8 Å². The molecule has 2 saturated heterocycles. The van der Waals surface area contributed by atoms with Gasteiger partial charge in [-0.15, -0.1) is 0 Å². The van der Waals surface area contributed by atoms with Crippen molar-refractivity contribution < 1.29 is 19.0 Å². The minimum Gasteiger partial charge on any atom is -0.376 e. The van der Waals surface area contributed by atoms with Crippen molar-refractivity contribution in [1.82, 2.24) is 0 Å². The van der Waals surface area contributed by atoms with Gasteiger partial charge in [-0.05, 0) is 6.08 Å². The number of amides is 1. The third kappa shape index (κ3) is 6.59. The standard InChI is InChI=1S/C6H10O3.C3H5NO/c1(5-3-8-5)7-2-6-4-9-6;1-2-3(4)5/h5-6H,1-4H2;2H,1H2,(H2,4,5). The Hall–Kier alpha value is -0.910. The fraction of sp³-hybridized carbons (Fsp3) is 0.667. The van der Waals surface area contributed by atoms with Crippen LogP contribution in [0.4, 0.5) is 0 Å². The van der Waals surface area contributed by atoms with Crippen molar-refractivity contribution in [3.05, 3.63) is 12.7 Å². The van der Waals surface area contributed by atoms with Gasteiger partial charge in [0.2, 0.25) is 5.91 Å². The van der Waals surface area contributed by atoms with E-state index < -0.39 is 5.91 Å². The molecule has 2 fully saturated rings. The van der Waals surface area contributed by atoms with E-state index in [9.17, 15) is 4.79 Å². The summed E-state index contributed by atoms with van der Waals surface area (Å²) < 4.78 is 15.1. The summed E-state index contributed by atoms with van der Waals surface area (Å²) in [6.45, 7) is 6.35. The minimum absolute atomic E-state index is 0.392. The third-order valence-electron chi connectivity index (χ3n) is 1.61. The van der Waals surface area contributed by atoms with Gasteiger partial charge in [-0.3, -0.25) is 4.79 Å². The predicted molar refractivity (Wildman–Crippen MR) is 49.7 cm³/mol. The first kappa shape index (κ1) is 11.2. The molecule has 0 spiro atoms. The molecule has 0 aromatic rings. The van der Waals surface area contributed by atoms with Crippen LogP contribution in [0.3, 0.4) is 0 Å². The molecule has 5 nitrogen and oxygen atoms in total. The molecule has 2 N–H and O–H groups in total. The smallest absolute Gasteiger partial charge is 0.240 e. The SMILES string of the molecule is C(OCC1CO1)C1CO1.C=CC(N)=O. The zero-order valence-electron chi connectivity index (χ0n) is 7.98. The van der Waals surface area contributed by atoms with Gasteiger partial charge in [0.1, 0.15) is 12.2 Å². The van der Waals surface area contributed by atoms with Gasteiger partial charge in [0, 0.05) is 0 Å². The molecule has 0 bridgehead atoms. The van der Waals surface area contributed by atoms with Gasteiger partial charge in [0.25, 0.3) is 0 Å². The summed E-state index contributed by atoms with van der Waals surface area (Å²) in [5, 5.41) is 0. The maximum atomic E-state index is 9.47. The molecule has 2 unspecified atom stereocenters. The Bertz CT molecular complexity index is 187. The molecule has 2 rings (SSSR count). The number of rotatable bonds is 5. The first-order chi connectivity index (χ1) is 6.72. The summed E-state index contributed by atoms with van der Waals surface area (Å²) in [6.07, 6.45) is 1.84. The Kier molecular flexibility index (Phi) is 4.58. The number of primary amides is 1. The molecule has 2 aliphatic heterocycles. The molecule has 2 aliphatic rings. The Morgan fingerprint density at radius 2 is 1.79 bits per heavy atom. The molecule has 0 aromatic heterocycles. The van der Waals surface area contributed by atoms with Crippen molar-refractivity contribution in [2.75, 3.05) is 26.4 Å². The van der Waals surface area contributed by atoms with Gasteiger partial charge in [0.05, 0.1) is 26.4 Å². The molecule has 0 saturated carbocycles. The molecule has 2 heterocycles. The van der Waals surface area contributed by atoms with E-state index in [0.717, 1.165) is 32.5 Å². The summed E-state index contributed by atoms with van der Waals surface area (Å²) in [4.78, 5) is 9.47. The van der Waals surface area contributed by atoms with Crippen molar-refractivity contribution in [2.24, 2.45) is 5.73 Å². The van der Waals surface area contributed by atoms with Crippen molar-refractivity contribution >= 4 is 5.91 Å². The summed E-state index contributed by atoms with van der Waals surface area (Å²) in [7, 11) is 0. The molecule has 0 radical (unpaired) electrons. The summed E-state index contributed by atoms with van der Waals surface area (Å²) in [5.41, 5.74) is 4.53. The van der Waals surface area contributed by atoms with Crippen LogP contribution in [-0.2, 0) is 19.0 Å². The number of hydrogen-bond acceptors (Lipinski definition) is 4. The largest absolute Gasteiger partial charge is 0.376 e. The first-order valence-electron chi connectivity index (χ1n) is 4.45. The molecule has 5 heteroatoms. The lowest BCUT2D eigenvalue weighted by Gasteiger charge is -1.95. The maximum absolute atomic E-state index is 9.47. The van der Waals surface area contributed by atoms with E-state index >= 15 is 0 Å². The fourth-order valence-corrected chi connectivity index (χ4v) is 0.659. The normalized spacial score (nSPS) is 27.1. The van der Waals surface area contributed by atoms with Gasteiger partial charge >= 0.3 is 0 Å². The molecule has 80 valence electrons. The van der Waals surface area contributed by atoms with Crippen molar-refractivity contribution in [2.45, 2.75) is 12.2 Å². The maximum Gasteiger partial charge on any atom is 0.240 e. The number of carbonyl (C=O) groups is 1. The van der Waals surface area contributed by atoms with Crippen LogP contribution in [0, 0.1) is 0 Å². The van der Waals surface area contributed by atoms with E-state index in [-0.39, 0.29) is 0 Å². The van der Waals surface area contributed by atoms with Crippen molar-refractivity contribution in [1.29, 1.82) is 0 Å². The number of hydrogen-bond donors (Lipinski definition) is 1. The highest BCUT2D eigenvalue weighted by Gasteiger charge is 2.26. The van der Waals surface area contributed by atoms with E-state index in [4.69, 9.17) is 14.2 Å². The van der Waals surface area contributed by atoms with E-state index in [1.807, 2.05) is 0 Å². The Morgan fingerprint density at radius 3 is 2.00 bits per heavy atom. The number of nitrogens with two attached hydrogens (primary N) is 1. The molecular formula is C9H15NO4. The highest BCUT2D eigenvalue weighted by Crippen LogP contribution is 2.12. The van der Waals surface area contributed by atoms with Crippen LogP contribution in [0.1, 0.15) is 0 Å². The second-order valence-corrected chi connectivity index (χ2v) is 3.05. The van der Waals surface area contributed by atoms with Crippen LogP contribution in [0.25, 0.3) is 0 Å². The van der Waals surface area contributed by atoms with Crippen LogP contribution in [0.15, 0.2) is 12.7 Å². The molecule has 2 atom stereocenters. The molecule has 14 heavy (non-hydrogen) atoms. The van der Waals surface area contributed by atoms with Crippen molar-refractivity contribution in [3.8, 4) is 0 Å². The molecule has 0 aromatic carbocycles. The fourth-order valence-electron chi connectivity index (χ4n) is 0.659. The molecule has 1 amide bonds. The van der Waals surface area contributed by atoms with Crippen LogP contribution < -0.4 is 5.73 Å². The van der Waals surface area contributed by atoms with Gasteiger partial charge in [-0.1, -0.05) is 6.58 Å². The van der Waals surface area contributed by atoms with Crippen LogP contribution in [0.5, 0.6) is 0 Å². The zero-order chi connectivity index (χ0) is 10.4. The lowest BCUT2D eigenvalue weighted by Crippen LogP contribution is -2.06. The molecule has 0 aliphatic carbocycles. The molecular weight excluding hydrogens is 186 g/mol. The third-order valence-corrected chi connectivity index (χ3v) is 1.61. The van der Waals surface area contributed by atoms with Crippen LogP contribution in [0.2, 0.25) is 0 Å². The first-order valence-corrected chi connectivity index (χ1v) is 4.45. The average Bonchev–Trinajstić information content (AvgIpc) is 2.99. The van der Waals surface area contributed by atoms with E-state index in [1.54, 1.807) is 0 Å². The summed E-state index contributed by atoms with van der Waals surface area (Å²) in [6, 6.07) is 0. The van der Waals surface area contributed by atoms with Gasteiger partial charge in [0.15, 0.2) is 0 Å². The van der Waals surface area contributed by atoms with E-state index in [2.05, 4.69) is 12.3 Å². The number of ether oxygens (including phenoxy) is 3. The van der Waals surface area contributed by atoms with Gasteiger partial charge in [-0.25, -0.2) is 0 Å². The number of epoxide rings is 2. The lowest BCUT2D eigenvalue weighted by atomic mass is 10.5. The summed E-state index contributed by atoms with van der Waals surface area (Å²) >= 11 is 0. The second-order valence-electron chi connectivity index (χ2n) is 3.05. The summed E-state index contributed by atoms with van der Waals surface area (Å²) in [5.74, 6) is -0.481. The number of carbonyl (C=O) groups excluding carboxylic acids is 1. The van der Waals surface area contributed by atoms with Crippen LogP contribution in [-0.4, -0.2) is 44.5 Å². The van der Waals surface area contributed by atoms with E-state index in [1.165, 1.54) is 0 Å². The Morgan fingerprint density at radius 1 is 1.43 bits per heavy atom. The van der Waals surface area contributed by atoms with Crippen LogP contribution >= 0.6 is 0 Å². The van der Waals surface area contributed by atoms with Gasteiger partial charge < -0.3 is 19.9 Å².